The van der Waals surface area contributed by atoms with E-state index in [0.29, 0.717) is 46.7 Å². The summed E-state index contributed by atoms with van der Waals surface area (Å²) >= 11 is 0. The van der Waals surface area contributed by atoms with E-state index in [1.54, 1.807) is 60.7 Å². The van der Waals surface area contributed by atoms with Gasteiger partial charge in [-0.1, -0.05) is 34.5 Å². The first-order chi connectivity index (χ1) is 16.9. The van der Waals surface area contributed by atoms with Crippen LogP contribution in [0.15, 0.2) is 70.9 Å². The van der Waals surface area contributed by atoms with Gasteiger partial charge in [-0.05, 0) is 60.4 Å². The predicted molar refractivity (Wildman–Crippen MR) is 152 cm³/mol. The maximum atomic E-state index is 12.1. The third kappa shape index (κ3) is 7.05. The SMILES string of the molecule is Cl.Cl.[N-]=[N+]=Nc1ccc2c(Nc3ccc(NS(=O)(=O)CCCN)cc3)c3ccc(N=[N+]=[N-])cc3nc2c1. The number of hydrogen-bond donors (Lipinski definition) is 3. The Hall–Kier alpha value is -3.96. The van der Waals surface area contributed by atoms with Crippen molar-refractivity contribution in [1.82, 2.24) is 4.98 Å². The van der Waals surface area contributed by atoms with Gasteiger partial charge in [-0.2, -0.15) is 0 Å². The number of benzene rings is 3. The van der Waals surface area contributed by atoms with Gasteiger partial charge in [-0.3, -0.25) is 4.72 Å². The number of azide groups is 2. The number of halogens is 2. The van der Waals surface area contributed by atoms with Crippen LogP contribution in [0.1, 0.15) is 6.42 Å². The molecule has 0 saturated carbocycles. The average molecular weight is 561 g/mol. The fourth-order valence-electron chi connectivity index (χ4n) is 3.55. The van der Waals surface area contributed by atoms with E-state index in [4.69, 9.17) is 16.8 Å². The van der Waals surface area contributed by atoms with E-state index in [-0.39, 0.29) is 30.6 Å². The fourth-order valence-corrected chi connectivity index (χ4v) is 4.70. The highest BCUT2D eigenvalue weighted by Crippen LogP contribution is 2.36. The molecule has 4 rings (SSSR count). The number of hydrogen-bond acceptors (Lipinski definition) is 7. The second-order valence-electron chi connectivity index (χ2n) is 7.53. The first-order valence-electron chi connectivity index (χ1n) is 10.5. The van der Waals surface area contributed by atoms with Gasteiger partial charge in [0.1, 0.15) is 0 Å². The molecule has 4 N–H and O–H groups in total. The number of pyridine rings is 1. The van der Waals surface area contributed by atoms with Crippen LogP contribution in [0.3, 0.4) is 0 Å². The van der Waals surface area contributed by atoms with Crippen molar-refractivity contribution in [3.8, 4) is 0 Å². The minimum Gasteiger partial charge on any atom is -0.354 e. The Morgan fingerprint density at radius 3 is 1.84 bits per heavy atom. The number of nitrogens with one attached hydrogen (secondary N) is 2. The third-order valence-electron chi connectivity index (χ3n) is 5.11. The summed E-state index contributed by atoms with van der Waals surface area (Å²) in [6.07, 6.45) is 0.375. The number of sulfonamides is 1. The standard InChI is InChI=1S/C22H20N10O2S.2ClH/c23-10-1-11-35(33,34)30-15-4-2-14(3-5-15)26-22-18-8-6-16(28-31-24)12-20(18)27-21-13-17(29-32-25)7-9-19(21)22;;/h2-9,12-13,30H,1,10-11,23H2,(H,26,27);2*1H. The van der Waals surface area contributed by atoms with Crippen LogP contribution < -0.4 is 15.8 Å². The van der Waals surface area contributed by atoms with Gasteiger partial charge >= 0.3 is 0 Å². The van der Waals surface area contributed by atoms with Gasteiger partial charge in [0.15, 0.2) is 0 Å². The lowest BCUT2D eigenvalue weighted by atomic mass is 10.1. The Kier molecular flexibility index (Phi) is 10.2. The van der Waals surface area contributed by atoms with Crippen molar-refractivity contribution in [3.63, 3.8) is 0 Å². The number of nitrogens with two attached hydrogens (primary N) is 1. The van der Waals surface area contributed by atoms with E-state index >= 15 is 0 Å². The van der Waals surface area contributed by atoms with Gasteiger partial charge in [0.2, 0.25) is 10.0 Å². The highest BCUT2D eigenvalue weighted by molar-refractivity contribution is 7.92. The van der Waals surface area contributed by atoms with Crippen molar-refractivity contribution in [3.05, 3.63) is 81.5 Å². The van der Waals surface area contributed by atoms with Crippen molar-refractivity contribution >= 4 is 85.1 Å². The second-order valence-corrected chi connectivity index (χ2v) is 9.38. The molecule has 0 amide bonds. The molecule has 192 valence electrons. The summed E-state index contributed by atoms with van der Waals surface area (Å²) in [4.78, 5) is 10.3. The number of fused-ring (bicyclic) bond motifs is 2. The van der Waals surface area contributed by atoms with E-state index in [0.717, 1.165) is 16.5 Å². The molecular formula is C22H22Cl2N10O2S. The molecule has 0 unspecified atom stereocenters. The van der Waals surface area contributed by atoms with Gasteiger partial charge in [0.05, 0.1) is 22.5 Å². The Bertz CT molecular complexity index is 1540. The van der Waals surface area contributed by atoms with Gasteiger partial charge < -0.3 is 11.1 Å². The van der Waals surface area contributed by atoms with E-state index in [1.165, 1.54) is 0 Å². The largest absolute Gasteiger partial charge is 0.354 e. The average Bonchev–Trinajstić information content (AvgIpc) is 2.84. The molecule has 1 heterocycles. The molecule has 3 aromatic carbocycles. The fraction of sp³-hybridized carbons (Fsp3) is 0.136. The lowest BCUT2D eigenvalue weighted by Gasteiger charge is -2.15. The zero-order valence-corrected chi connectivity index (χ0v) is 21.6. The van der Waals surface area contributed by atoms with E-state index in [1.807, 2.05) is 0 Å². The first kappa shape index (κ1) is 29.3. The Morgan fingerprint density at radius 2 is 1.35 bits per heavy atom. The zero-order valence-electron chi connectivity index (χ0n) is 19.1. The molecule has 15 heteroatoms. The van der Waals surface area contributed by atoms with Crippen LogP contribution in [0.25, 0.3) is 42.7 Å². The summed E-state index contributed by atoms with van der Waals surface area (Å²) < 4.78 is 26.8. The lowest BCUT2D eigenvalue weighted by Crippen LogP contribution is -2.18. The van der Waals surface area contributed by atoms with Crippen molar-refractivity contribution < 1.29 is 8.42 Å². The van der Waals surface area contributed by atoms with Crippen molar-refractivity contribution in [2.45, 2.75) is 6.42 Å². The van der Waals surface area contributed by atoms with Crippen LogP contribution in [-0.2, 0) is 10.0 Å². The quantitative estimate of drug-likeness (QED) is 0.0859. The maximum absolute atomic E-state index is 12.1. The van der Waals surface area contributed by atoms with Gasteiger partial charge in [0.25, 0.3) is 0 Å². The van der Waals surface area contributed by atoms with Crippen molar-refractivity contribution in [1.29, 1.82) is 0 Å². The van der Waals surface area contributed by atoms with Gasteiger partial charge in [-0.15, -0.1) is 24.8 Å². The lowest BCUT2D eigenvalue weighted by molar-refractivity contribution is 0.599. The molecule has 0 aliphatic heterocycles. The molecule has 0 aliphatic rings. The van der Waals surface area contributed by atoms with Crippen molar-refractivity contribution in [2.75, 3.05) is 22.3 Å². The molecule has 37 heavy (non-hydrogen) atoms. The Balaban J connectivity index is 0.00000241. The smallest absolute Gasteiger partial charge is 0.232 e. The predicted octanol–water partition coefficient (Wildman–Crippen LogP) is 6.95. The molecule has 0 atom stereocenters. The Morgan fingerprint density at radius 1 is 0.838 bits per heavy atom. The summed E-state index contributed by atoms with van der Waals surface area (Å²) in [5.74, 6) is -0.0475. The highest BCUT2D eigenvalue weighted by Gasteiger charge is 2.12. The molecule has 0 radical (unpaired) electrons. The monoisotopic (exact) mass is 560 g/mol. The Labute approximate surface area is 224 Å². The minimum absolute atomic E-state index is 0. The third-order valence-corrected chi connectivity index (χ3v) is 6.48. The summed E-state index contributed by atoms with van der Waals surface area (Å²) in [7, 11) is -3.47. The molecule has 0 bridgehead atoms. The van der Waals surface area contributed by atoms with E-state index in [9.17, 15) is 8.42 Å². The van der Waals surface area contributed by atoms with E-state index < -0.39 is 10.0 Å². The van der Waals surface area contributed by atoms with E-state index in [2.05, 4.69) is 35.1 Å². The summed E-state index contributed by atoms with van der Waals surface area (Å²) in [5, 5.41) is 12.2. The van der Waals surface area contributed by atoms with Crippen LogP contribution in [0.2, 0.25) is 0 Å². The van der Waals surface area contributed by atoms with Crippen LogP contribution >= 0.6 is 24.8 Å². The van der Waals surface area contributed by atoms with Crippen LogP contribution in [0, 0.1) is 0 Å². The zero-order chi connectivity index (χ0) is 24.8. The van der Waals surface area contributed by atoms with Crippen molar-refractivity contribution in [2.24, 2.45) is 16.0 Å². The second kappa shape index (κ2) is 12.8. The highest BCUT2D eigenvalue weighted by atomic mass is 35.5. The topological polar surface area (TPSA) is 195 Å². The first-order valence-corrected chi connectivity index (χ1v) is 12.1. The summed E-state index contributed by atoms with van der Waals surface area (Å²) in [5.41, 5.74) is 26.8. The maximum Gasteiger partial charge on any atom is 0.232 e. The normalized spacial score (nSPS) is 10.4. The number of anilines is 3. The molecule has 1 aromatic heterocycles. The number of aromatic nitrogens is 1. The van der Waals surface area contributed by atoms with Crippen LogP contribution in [0.4, 0.5) is 28.4 Å². The van der Waals surface area contributed by atoms with Gasteiger partial charge in [-0.25, -0.2) is 13.4 Å². The number of nitrogens with zero attached hydrogens (tertiary/aromatic N) is 7. The summed E-state index contributed by atoms with van der Waals surface area (Å²) in [6.45, 7) is 0.298. The molecule has 0 aliphatic carbocycles. The minimum atomic E-state index is -3.47. The molecule has 0 fully saturated rings. The van der Waals surface area contributed by atoms with Crippen LogP contribution in [0.5, 0.6) is 0 Å². The van der Waals surface area contributed by atoms with Gasteiger partial charge in [0, 0.05) is 43.3 Å². The number of rotatable bonds is 9. The molecule has 0 spiro atoms. The summed E-state index contributed by atoms with van der Waals surface area (Å²) in [6, 6.07) is 17.1. The molecule has 4 aromatic rings. The molecule has 12 nitrogen and oxygen atoms in total. The molecular weight excluding hydrogens is 539 g/mol. The van der Waals surface area contributed by atoms with Crippen LogP contribution in [-0.4, -0.2) is 25.7 Å². The molecule has 0 saturated heterocycles.